The van der Waals surface area contributed by atoms with Gasteiger partial charge in [-0.05, 0) is 0 Å². The maximum atomic E-state index is 11.7. The standard InChI is InChI=1S/C10H10Cl2O4/c1-2-3-14-9-6(11)7(13)8(12)10(9)15-4-5-16-10/h2,8H,1,3-5H2. The Bertz CT molecular complexity index is 358. The average Bonchev–Trinajstić information content (AvgIpc) is 2.82. The third-order valence-electron chi connectivity index (χ3n) is 2.36. The van der Waals surface area contributed by atoms with E-state index in [-0.39, 0.29) is 17.4 Å². The van der Waals surface area contributed by atoms with Gasteiger partial charge in [-0.15, -0.1) is 11.6 Å². The Morgan fingerprint density at radius 2 is 2.19 bits per heavy atom. The van der Waals surface area contributed by atoms with E-state index in [0.29, 0.717) is 13.2 Å². The van der Waals surface area contributed by atoms with Gasteiger partial charge in [-0.2, -0.15) is 0 Å². The quantitative estimate of drug-likeness (QED) is 0.574. The number of Topliss-reactive ketones (excluding diaryl/α,β-unsaturated/α-hetero) is 1. The largest absolute Gasteiger partial charge is 0.486 e. The summed E-state index contributed by atoms with van der Waals surface area (Å²) in [5.74, 6) is -1.64. The summed E-state index contributed by atoms with van der Waals surface area (Å²) in [6.07, 6.45) is 1.53. The summed E-state index contributed by atoms with van der Waals surface area (Å²) in [5.41, 5.74) is 0. The zero-order valence-electron chi connectivity index (χ0n) is 8.37. The molecule has 1 atom stereocenters. The van der Waals surface area contributed by atoms with Gasteiger partial charge in [-0.1, -0.05) is 24.3 Å². The molecule has 1 aliphatic heterocycles. The molecule has 2 aliphatic rings. The number of carbonyl (C=O) groups excluding carboxylic acids is 1. The van der Waals surface area contributed by atoms with E-state index < -0.39 is 16.9 Å². The number of alkyl halides is 1. The topological polar surface area (TPSA) is 44.8 Å². The van der Waals surface area contributed by atoms with Crippen molar-refractivity contribution in [1.29, 1.82) is 0 Å². The van der Waals surface area contributed by atoms with E-state index in [9.17, 15) is 4.79 Å². The molecule has 1 heterocycles. The number of rotatable bonds is 3. The first-order chi connectivity index (χ1) is 7.63. The smallest absolute Gasteiger partial charge is 0.254 e. The van der Waals surface area contributed by atoms with E-state index in [1.54, 1.807) is 0 Å². The highest BCUT2D eigenvalue weighted by Gasteiger charge is 2.59. The van der Waals surface area contributed by atoms with Crippen molar-refractivity contribution < 1.29 is 19.0 Å². The minimum atomic E-state index is -1.35. The van der Waals surface area contributed by atoms with Gasteiger partial charge in [0, 0.05) is 0 Å². The third-order valence-corrected chi connectivity index (χ3v) is 3.20. The SMILES string of the molecule is C=CCOC1=C(Cl)C(=O)C(Cl)C12OCCO2. The zero-order chi connectivity index (χ0) is 11.8. The van der Waals surface area contributed by atoms with Crippen LogP contribution < -0.4 is 0 Å². The first kappa shape index (κ1) is 11.9. The van der Waals surface area contributed by atoms with Gasteiger partial charge in [-0.25, -0.2) is 0 Å². The van der Waals surface area contributed by atoms with E-state index in [1.807, 2.05) is 0 Å². The van der Waals surface area contributed by atoms with Crippen molar-refractivity contribution in [2.24, 2.45) is 0 Å². The van der Waals surface area contributed by atoms with Crippen molar-refractivity contribution >= 4 is 29.0 Å². The lowest BCUT2D eigenvalue weighted by Gasteiger charge is -2.26. The van der Waals surface area contributed by atoms with E-state index in [1.165, 1.54) is 6.08 Å². The summed E-state index contributed by atoms with van der Waals surface area (Å²) in [6.45, 7) is 4.41. The fourth-order valence-electron chi connectivity index (χ4n) is 1.68. The molecule has 88 valence electrons. The van der Waals surface area contributed by atoms with Gasteiger partial charge in [-0.3, -0.25) is 4.79 Å². The molecule has 16 heavy (non-hydrogen) atoms. The van der Waals surface area contributed by atoms with E-state index in [4.69, 9.17) is 37.4 Å². The van der Waals surface area contributed by atoms with Crippen molar-refractivity contribution in [2.45, 2.75) is 11.2 Å². The Kier molecular flexibility index (Phi) is 3.26. The lowest BCUT2D eigenvalue weighted by atomic mass is 10.2. The van der Waals surface area contributed by atoms with Gasteiger partial charge < -0.3 is 14.2 Å². The average molecular weight is 265 g/mol. The summed E-state index contributed by atoms with van der Waals surface area (Å²) >= 11 is 11.8. The number of carbonyl (C=O) groups is 1. The monoisotopic (exact) mass is 264 g/mol. The Labute approximate surface area is 103 Å². The Morgan fingerprint density at radius 1 is 1.56 bits per heavy atom. The second-order valence-electron chi connectivity index (χ2n) is 3.33. The fourth-order valence-corrected chi connectivity index (χ4v) is 2.36. The molecule has 1 fully saturated rings. The van der Waals surface area contributed by atoms with E-state index in [2.05, 4.69) is 6.58 Å². The van der Waals surface area contributed by atoms with Gasteiger partial charge in [0.1, 0.15) is 11.6 Å². The third kappa shape index (κ3) is 1.57. The molecule has 0 aromatic rings. The first-order valence-electron chi connectivity index (χ1n) is 4.73. The Morgan fingerprint density at radius 3 is 2.75 bits per heavy atom. The number of hydrogen-bond donors (Lipinski definition) is 0. The van der Waals surface area contributed by atoms with Crippen LogP contribution in [0.1, 0.15) is 0 Å². The van der Waals surface area contributed by atoms with Crippen LogP contribution in [0.25, 0.3) is 0 Å². The van der Waals surface area contributed by atoms with Crippen LogP contribution in [0.15, 0.2) is 23.4 Å². The van der Waals surface area contributed by atoms with Crippen LogP contribution in [-0.4, -0.2) is 36.8 Å². The fraction of sp³-hybridized carbons (Fsp3) is 0.500. The van der Waals surface area contributed by atoms with Crippen LogP contribution in [0.2, 0.25) is 0 Å². The Balaban J connectivity index is 2.34. The number of allylic oxidation sites excluding steroid dienone is 1. The predicted octanol–water partition coefficient (Wildman–Crippen LogP) is 1.57. The van der Waals surface area contributed by atoms with Crippen molar-refractivity contribution in [3.05, 3.63) is 23.4 Å². The minimum Gasteiger partial charge on any atom is -0.486 e. The van der Waals surface area contributed by atoms with Crippen molar-refractivity contribution in [3.63, 3.8) is 0 Å². The Hall–Kier alpha value is -0.550. The summed E-state index contributed by atoms with van der Waals surface area (Å²) < 4.78 is 16.1. The molecule has 1 spiro atoms. The number of hydrogen-bond acceptors (Lipinski definition) is 4. The molecule has 0 saturated carbocycles. The summed E-state index contributed by atoms with van der Waals surface area (Å²) in [5, 5.41) is -1.06. The highest BCUT2D eigenvalue weighted by molar-refractivity contribution is 6.50. The van der Waals surface area contributed by atoms with Gasteiger partial charge in [0.2, 0.25) is 5.78 Å². The summed E-state index contributed by atoms with van der Waals surface area (Å²) in [7, 11) is 0. The van der Waals surface area contributed by atoms with Crippen molar-refractivity contribution in [2.75, 3.05) is 19.8 Å². The van der Waals surface area contributed by atoms with Gasteiger partial charge in [0.15, 0.2) is 11.1 Å². The van der Waals surface area contributed by atoms with Gasteiger partial charge >= 0.3 is 0 Å². The lowest BCUT2D eigenvalue weighted by molar-refractivity contribution is -0.154. The molecule has 1 unspecified atom stereocenters. The molecular formula is C10H10Cl2O4. The molecule has 0 aromatic heterocycles. The van der Waals surface area contributed by atoms with Crippen LogP contribution in [-0.2, 0) is 19.0 Å². The maximum absolute atomic E-state index is 11.7. The van der Waals surface area contributed by atoms with Crippen LogP contribution in [0.4, 0.5) is 0 Å². The maximum Gasteiger partial charge on any atom is 0.254 e. The first-order valence-corrected chi connectivity index (χ1v) is 5.55. The molecular weight excluding hydrogens is 255 g/mol. The highest BCUT2D eigenvalue weighted by Crippen LogP contribution is 2.44. The lowest BCUT2D eigenvalue weighted by Crippen LogP contribution is -2.41. The molecule has 6 heteroatoms. The normalized spacial score (nSPS) is 27.9. The molecule has 0 bridgehead atoms. The van der Waals surface area contributed by atoms with Gasteiger partial charge in [0.25, 0.3) is 5.79 Å². The van der Waals surface area contributed by atoms with Crippen LogP contribution in [0.5, 0.6) is 0 Å². The minimum absolute atomic E-state index is 0.0660. The molecule has 1 saturated heterocycles. The molecule has 4 nitrogen and oxygen atoms in total. The molecule has 2 rings (SSSR count). The van der Waals surface area contributed by atoms with Crippen LogP contribution >= 0.6 is 23.2 Å². The van der Waals surface area contributed by atoms with Gasteiger partial charge in [0.05, 0.1) is 13.2 Å². The second-order valence-corrected chi connectivity index (χ2v) is 4.15. The molecule has 0 N–H and O–H groups in total. The van der Waals surface area contributed by atoms with E-state index >= 15 is 0 Å². The van der Waals surface area contributed by atoms with E-state index in [0.717, 1.165) is 0 Å². The second kappa shape index (κ2) is 4.37. The number of ketones is 1. The summed E-state index contributed by atoms with van der Waals surface area (Å²) in [6, 6.07) is 0. The van der Waals surface area contributed by atoms with Crippen LogP contribution in [0, 0.1) is 0 Å². The number of ether oxygens (including phenoxy) is 3. The molecule has 0 aromatic carbocycles. The predicted molar refractivity (Wildman–Crippen MR) is 58.3 cm³/mol. The highest BCUT2D eigenvalue weighted by atomic mass is 35.5. The van der Waals surface area contributed by atoms with Crippen molar-refractivity contribution in [1.82, 2.24) is 0 Å². The zero-order valence-corrected chi connectivity index (χ0v) is 9.88. The summed E-state index contributed by atoms with van der Waals surface area (Å²) in [4.78, 5) is 11.7. The molecule has 0 radical (unpaired) electrons. The number of halogens is 2. The van der Waals surface area contributed by atoms with Crippen LogP contribution in [0.3, 0.4) is 0 Å². The molecule has 0 amide bonds. The molecule has 1 aliphatic carbocycles. The van der Waals surface area contributed by atoms with Crippen molar-refractivity contribution in [3.8, 4) is 0 Å².